The molecule has 0 saturated carbocycles. The van der Waals surface area contributed by atoms with Crippen LogP contribution in [0, 0.1) is 0 Å². The van der Waals surface area contributed by atoms with Gasteiger partial charge in [-0.1, -0.05) is 36.4 Å². The Morgan fingerprint density at radius 3 is 2.67 bits per heavy atom. The third kappa shape index (κ3) is 3.37. The van der Waals surface area contributed by atoms with Gasteiger partial charge in [-0.05, 0) is 30.3 Å². The molecule has 2 aromatic carbocycles. The zero-order chi connectivity index (χ0) is 20.5. The monoisotopic (exact) mass is 416 g/mol. The van der Waals surface area contributed by atoms with Crippen LogP contribution in [0.2, 0.25) is 0 Å². The summed E-state index contributed by atoms with van der Waals surface area (Å²) in [6, 6.07) is 20.0. The second-order valence-electron chi connectivity index (χ2n) is 6.63. The molecule has 0 radical (unpaired) electrons. The second kappa shape index (κ2) is 7.57. The van der Waals surface area contributed by atoms with Crippen molar-refractivity contribution in [1.29, 1.82) is 0 Å². The van der Waals surface area contributed by atoms with Gasteiger partial charge < -0.3 is 9.72 Å². The number of benzene rings is 2. The van der Waals surface area contributed by atoms with Gasteiger partial charge >= 0.3 is 5.97 Å². The van der Waals surface area contributed by atoms with Gasteiger partial charge in [0, 0.05) is 11.8 Å². The number of aromatic amines is 1. The molecule has 1 atom stereocenters. The van der Waals surface area contributed by atoms with Crippen LogP contribution in [0.5, 0.6) is 5.88 Å². The van der Waals surface area contributed by atoms with E-state index in [1.54, 1.807) is 40.9 Å². The van der Waals surface area contributed by atoms with E-state index in [4.69, 9.17) is 4.74 Å². The third-order valence-electron chi connectivity index (χ3n) is 4.66. The average molecular weight is 416 g/mol. The van der Waals surface area contributed by atoms with Crippen LogP contribution in [0.4, 0.5) is 0 Å². The van der Waals surface area contributed by atoms with E-state index in [2.05, 4.69) is 15.0 Å². The molecule has 0 aliphatic carbocycles. The summed E-state index contributed by atoms with van der Waals surface area (Å²) in [5.41, 5.74) is 3.41. The van der Waals surface area contributed by atoms with Crippen LogP contribution >= 0.6 is 0 Å². The standard InChI is InChI=1S/C22H16N4O3S/c27-21(15-7-2-1-3-8-15)29-19-13-23-20-16(9-6-12-26(19)20)14-30(28)22-24-17-10-4-5-11-18(17)25-22/h1-13H,14H2,(H,24,25). The summed E-state index contributed by atoms with van der Waals surface area (Å²) in [4.78, 5) is 24.3. The smallest absolute Gasteiger partial charge is 0.344 e. The van der Waals surface area contributed by atoms with Gasteiger partial charge in [0.1, 0.15) is 5.65 Å². The van der Waals surface area contributed by atoms with E-state index >= 15 is 0 Å². The van der Waals surface area contributed by atoms with Crippen LogP contribution in [0.15, 0.2) is 84.3 Å². The molecule has 5 rings (SSSR count). The first-order chi connectivity index (χ1) is 14.7. The number of H-pyrrole nitrogens is 1. The lowest BCUT2D eigenvalue weighted by Crippen LogP contribution is -2.09. The molecule has 7 nitrogen and oxygen atoms in total. The maximum absolute atomic E-state index is 12.9. The summed E-state index contributed by atoms with van der Waals surface area (Å²) >= 11 is 0. The minimum Gasteiger partial charge on any atom is -0.404 e. The number of esters is 1. The van der Waals surface area contributed by atoms with Gasteiger partial charge in [-0.15, -0.1) is 0 Å². The molecule has 0 amide bonds. The molecule has 0 bridgehead atoms. The first-order valence-corrected chi connectivity index (χ1v) is 10.6. The van der Waals surface area contributed by atoms with Crippen LogP contribution in [0.25, 0.3) is 16.7 Å². The number of fused-ring (bicyclic) bond motifs is 2. The molecule has 3 heterocycles. The summed E-state index contributed by atoms with van der Waals surface area (Å²) in [6.07, 6.45) is 3.24. The number of nitrogens with zero attached hydrogens (tertiary/aromatic N) is 3. The largest absolute Gasteiger partial charge is 0.404 e. The number of nitrogens with one attached hydrogen (secondary N) is 1. The molecule has 3 aromatic heterocycles. The summed E-state index contributed by atoms with van der Waals surface area (Å²) < 4.78 is 20.1. The normalized spacial score (nSPS) is 12.3. The quantitative estimate of drug-likeness (QED) is 0.441. The van der Waals surface area contributed by atoms with Crippen molar-refractivity contribution in [2.24, 2.45) is 0 Å². The van der Waals surface area contributed by atoms with Crippen molar-refractivity contribution in [3.8, 4) is 5.88 Å². The highest BCUT2D eigenvalue weighted by Gasteiger charge is 2.16. The van der Waals surface area contributed by atoms with Crippen molar-refractivity contribution in [2.75, 3.05) is 0 Å². The van der Waals surface area contributed by atoms with Crippen LogP contribution in [0.1, 0.15) is 15.9 Å². The number of rotatable bonds is 5. The fourth-order valence-electron chi connectivity index (χ4n) is 3.21. The van der Waals surface area contributed by atoms with Crippen LogP contribution < -0.4 is 4.74 Å². The Balaban J connectivity index is 1.41. The number of imidazole rings is 2. The minimum absolute atomic E-state index is 0.229. The number of para-hydroxylation sites is 2. The highest BCUT2D eigenvalue weighted by Crippen LogP contribution is 2.22. The Morgan fingerprint density at radius 2 is 1.83 bits per heavy atom. The average Bonchev–Trinajstić information content (AvgIpc) is 3.39. The summed E-state index contributed by atoms with van der Waals surface area (Å²) in [6.45, 7) is 0. The zero-order valence-electron chi connectivity index (χ0n) is 15.7. The fraction of sp³-hybridized carbons (Fsp3) is 0.0455. The van der Waals surface area contributed by atoms with Crippen molar-refractivity contribution in [2.45, 2.75) is 10.9 Å². The predicted octanol–water partition coefficient (Wildman–Crippen LogP) is 3.74. The Morgan fingerprint density at radius 1 is 1.03 bits per heavy atom. The van der Waals surface area contributed by atoms with Crippen LogP contribution in [-0.4, -0.2) is 29.5 Å². The Labute approximate surface area is 173 Å². The molecule has 0 aliphatic heterocycles. The van der Waals surface area contributed by atoms with Crippen molar-refractivity contribution >= 4 is 33.4 Å². The lowest BCUT2D eigenvalue weighted by molar-refractivity contribution is 0.0726. The van der Waals surface area contributed by atoms with E-state index in [0.29, 0.717) is 22.2 Å². The summed E-state index contributed by atoms with van der Waals surface area (Å²) in [5, 5.41) is 0.417. The first kappa shape index (κ1) is 18.3. The maximum atomic E-state index is 12.9. The fourth-order valence-corrected chi connectivity index (χ4v) is 4.28. The number of carbonyl (C=O) groups is 1. The second-order valence-corrected chi connectivity index (χ2v) is 7.99. The minimum atomic E-state index is -1.38. The Bertz CT molecular complexity index is 1360. The molecule has 8 heteroatoms. The lowest BCUT2D eigenvalue weighted by Gasteiger charge is -2.06. The molecular formula is C22H16N4O3S. The van der Waals surface area contributed by atoms with E-state index in [1.165, 1.54) is 6.20 Å². The molecule has 30 heavy (non-hydrogen) atoms. The van der Waals surface area contributed by atoms with Crippen molar-refractivity contribution in [3.63, 3.8) is 0 Å². The molecular weight excluding hydrogens is 400 g/mol. The Hall–Kier alpha value is -3.78. The topological polar surface area (TPSA) is 89.3 Å². The van der Waals surface area contributed by atoms with Gasteiger partial charge in [-0.25, -0.2) is 14.8 Å². The van der Waals surface area contributed by atoms with Gasteiger partial charge in [0.25, 0.3) is 0 Å². The van der Waals surface area contributed by atoms with Gasteiger partial charge in [-0.3, -0.25) is 8.61 Å². The molecule has 1 unspecified atom stereocenters. The highest BCUT2D eigenvalue weighted by atomic mass is 32.2. The predicted molar refractivity (Wildman–Crippen MR) is 113 cm³/mol. The number of hydrogen-bond acceptors (Lipinski definition) is 5. The third-order valence-corrected chi connectivity index (χ3v) is 5.86. The SMILES string of the molecule is O=C(Oc1cnc2c(CS(=O)c3nc4ccccc4[nH]3)cccn12)c1ccccc1. The summed E-state index contributed by atoms with van der Waals surface area (Å²) in [7, 11) is -1.38. The number of hydrogen-bond donors (Lipinski definition) is 1. The molecule has 1 N–H and O–H groups in total. The van der Waals surface area contributed by atoms with Crippen molar-refractivity contribution in [3.05, 3.63) is 90.3 Å². The van der Waals surface area contributed by atoms with Crippen LogP contribution in [-0.2, 0) is 16.6 Å². The van der Waals surface area contributed by atoms with E-state index in [-0.39, 0.29) is 5.75 Å². The van der Waals surface area contributed by atoms with Gasteiger partial charge in [0.05, 0.1) is 39.3 Å². The summed E-state index contributed by atoms with van der Waals surface area (Å²) in [5.74, 6) is 0.0663. The molecule has 0 fully saturated rings. The molecule has 0 saturated heterocycles. The van der Waals surface area contributed by atoms with Gasteiger partial charge in [0.2, 0.25) is 5.88 Å². The van der Waals surface area contributed by atoms with E-state index < -0.39 is 16.8 Å². The van der Waals surface area contributed by atoms with Gasteiger partial charge in [-0.2, -0.15) is 0 Å². The number of carbonyl (C=O) groups excluding carboxylic acids is 1. The van der Waals surface area contributed by atoms with E-state index in [9.17, 15) is 9.00 Å². The number of ether oxygens (including phenoxy) is 1. The van der Waals surface area contributed by atoms with Crippen LogP contribution in [0.3, 0.4) is 0 Å². The molecule has 5 aromatic rings. The van der Waals surface area contributed by atoms with Crippen molar-refractivity contribution < 1.29 is 13.7 Å². The molecule has 148 valence electrons. The molecule has 0 aliphatic rings. The number of aromatic nitrogens is 4. The zero-order valence-corrected chi connectivity index (χ0v) is 16.5. The van der Waals surface area contributed by atoms with E-state index in [1.807, 2.05) is 36.4 Å². The highest BCUT2D eigenvalue weighted by molar-refractivity contribution is 7.84. The first-order valence-electron chi connectivity index (χ1n) is 9.24. The Kier molecular flexibility index (Phi) is 4.61. The van der Waals surface area contributed by atoms with E-state index in [0.717, 1.165) is 16.6 Å². The number of pyridine rings is 1. The molecule has 0 spiro atoms. The lowest BCUT2D eigenvalue weighted by atomic mass is 10.2. The van der Waals surface area contributed by atoms with Crippen molar-refractivity contribution in [1.82, 2.24) is 19.4 Å². The maximum Gasteiger partial charge on any atom is 0.344 e. The van der Waals surface area contributed by atoms with Gasteiger partial charge in [0.15, 0.2) is 5.16 Å².